The minimum Gasteiger partial charge on any atom is -0.237 e. The molecule has 0 aromatic heterocycles. The van der Waals surface area contributed by atoms with Gasteiger partial charge in [-0.3, -0.25) is 0 Å². The summed E-state index contributed by atoms with van der Waals surface area (Å²) in [6.45, 7) is 22.9. The molecule has 0 N–H and O–H groups in total. The lowest BCUT2D eigenvalue weighted by atomic mass is 9.92. The van der Waals surface area contributed by atoms with Gasteiger partial charge in [-0.15, -0.1) is 0 Å². The van der Waals surface area contributed by atoms with E-state index in [0.29, 0.717) is 24.3 Å². The summed E-state index contributed by atoms with van der Waals surface area (Å²) in [7, 11) is 0. The van der Waals surface area contributed by atoms with E-state index in [1.165, 1.54) is 12.1 Å². The summed E-state index contributed by atoms with van der Waals surface area (Å²) < 4.78 is 84.8. The van der Waals surface area contributed by atoms with Crippen molar-refractivity contribution in [1.29, 1.82) is 15.8 Å². The van der Waals surface area contributed by atoms with Gasteiger partial charge in [0.05, 0.1) is 37.4 Å². The van der Waals surface area contributed by atoms with E-state index in [1.807, 2.05) is 6.07 Å². The van der Waals surface area contributed by atoms with Crippen LogP contribution in [0.25, 0.3) is 48.1 Å². The highest BCUT2D eigenvalue weighted by molar-refractivity contribution is 6.29. The molecule has 206 valence electrons. The van der Waals surface area contributed by atoms with Gasteiger partial charge < -0.3 is 0 Å². The topological polar surface area (TPSA) is 84.4 Å². The van der Waals surface area contributed by atoms with Crippen LogP contribution in [0.15, 0.2) is 47.8 Å². The van der Waals surface area contributed by atoms with Crippen LogP contribution in [0.3, 0.4) is 0 Å². The molecule has 0 fully saturated rings. The van der Waals surface area contributed by atoms with Crippen LogP contribution in [0.4, 0.5) is 26.3 Å². The minimum absolute atomic E-state index is 0.0476. The van der Waals surface area contributed by atoms with Crippen LogP contribution in [-0.2, 0) is 0 Å². The predicted molar refractivity (Wildman–Crippen MR) is 143 cm³/mol. The Morgan fingerprint density at radius 1 is 0.568 bits per heavy atom. The van der Waals surface area contributed by atoms with Crippen molar-refractivity contribution in [2.45, 2.75) is 0 Å². The molecular formula is C32H6F6N6. The second-order valence-electron chi connectivity index (χ2n) is 9.04. The molecule has 2 aliphatic carbocycles. The molecule has 0 bridgehead atoms. The number of benzene rings is 3. The molecule has 6 nitrogen and oxygen atoms in total. The molecule has 0 radical (unpaired) electrons. The number of hydrogen-bond donors (Lipinski definition) is 0. The quantitative estimate of drug-likeness (QED) is 0.131. The van der Waals surface area contributed by atoms with Crippen LogP contribution in [0.5, 0.6) is 0 Å². The maximum Gasteiger partial charge on any atom is 0.270 e. The average molecular weight is 588 g/mol. The summed E-state index contributed by atoms with van der Waals surface area (Å²) in [5.74, 6) is -10.1. The third kappa shape index (κ3) is 4.00. The molecule has 44 heavy (non-hydrogen) atoms. The van der Waals surface area contributed by atoms with Crippen molar-refractivity contribution in [3.8, 4) is 18.2 Å². The normalized spacial score (nSPS) is 15.3. The van der Waals surface area contributed by atoms with Crippen molar-refractivity contribution >= 4 is 33.6 Å². The first-order chi connectivity index (χ1) is 21.1. The monoisotopic (exact) mass is 588 g/mol. The summed E-state index contributed by atoms with van der Waals surface area (Å²) in [5.41, 5.74) is -4.12. The minimum atomic E-state index is -1.80. The molecule has 2 aliphatic rings. The maximum atomic E-state index is 14.3. The van der Waals surface area contributed by atoms with Crippen molar-refractivity contribution in [2.75, 3.05) is 0 Å². The number of nitriles is 3. The zero-order valence-corrected chi connectivity index (χ0v) is 21.4. The van der Waals surface area contributed by atoms with Crippen molar-refractivity contribution in [1.82, 2.24) is 0 Å². The Kier molecular flexibility index (Phi) is 6.85. The average Bonchev–Trinajstić information content (AvgIpc) is 3.50. The summed E-state index contributed by atoms with van der Waals surface area (Å²) in [4.78, 5) is 9.77. The zero-order valence-electron chi connectivity index (χ0n) is 21.4. The van der Waals surface area contributed by atoms with Crippen LogP contribution < -0.4 is 0 Å². The number of nitrogens with zero attached hydrogens (tertiary/aromatic N) is 6. The second-order valence-corrected chi connectivity index (χ2v) is 9.04. The first-order valence-electron chi connectivity index (χ1n) is 11.9. The molecule has 0 amide bonds. The van der Waals surface area contributed by atoms with Crippen molar-refractivity contribution < 1.29 is 26.3 Å². The molecule has 0 saturated heterocycles. The summed E-state index contributed by atoms with van der Waals surface area (Å²) >= 11 is 0. The van der Waals surface area contributed by atoms with Gasteiger partial charge in [0.2, 0.25) is 5.70 Å². The number of rotatable bonds is 2. The van der Waals surface area contributed by atoms with Gasteiger partial charge in [-0.2, -0.15) is 5.26 Å². The first-order valence-corrected chi connectivity index (χ1v) is 11.9. The highest BCUT2D eigenvalue weighted by atomic mass is 19.2. The predicted octanol–water partition coefficient (Wildman–Crippen LogP) is 8.08. The molecule has 3 aromatic carbocycles. The lowest BCUT2D eigenvalue weighted by Gasteiger charge is -2.12. The van der Waals surface area contributed by atoms with Crippen molar-refractivity contribution in [3.63, 3.8) is 0 Å². The van der Waals surface area contributed by atoms with Crippen molar-refractivity contribution in [3.05, 3.63) is 150 Å². The highest BCUT2D eigenvalue weighted by Gasteiger charge is 2.37. The van der Waals surface area contributed by atoms with E-state index in [9.17, 15) is 42.1 Å². The van der Waals surface area contributed by atoms with E-state index in [4.69, 9.17) is 19.7 Å². The summed E-state index contributed by atoms with van der Waals surface area (Å²) in [6, 6.07) is 9.88. The third-order valence-electron chi connectivity index (χ3n) is 6.89. The van der Waals surface area contributed by atoms with E-state index in [0.717, 1.165) is 0 Å². The summed E-state index contributed by atoms with van der Waals surface area (Å²) in [5, 5.41) is 29.7. The molecule has 0 saturated carbocycles. The molecule has 0 aliphatic heterocycles. The molecule has 3 aromatic rings. The maximum absolute atomic E-state index is 14.3. The van der Waals surface area contributed by atoms with E-state index < -0.39 is 57.4 Å². The Morgan fingerprint density at radius 3 is 1.39 bits per heavy atom. The van der Waals surface area contributed by atoms with Gasteiger partial charge in [-0.25, -0.2) is 51.4 Å². The van der Waals surface area contributed by atoms with Crippen LogP contribution in [0.2, 0.25) is 0 Å². The smallest absolute Gasteiger partial charge is 0.237 e. The Labute approximate surface area is 244 Å². The lowest BCUT2D eigenvalue weighted by molar-refractivity contribution is 0.446. The number of hydrogen-bond acceptors (Lipinski definition) is 3. The SMILES string of the molecule is [C-]#[N+]C1=C(c2cc(F)c(F)c(F)c2)/C(=C(/C#N)[N+]#[C-])c2cc3c(cc21)/C(=C(/C#N)[N+]#[C-])C(c1cc(F)c(F)c(F)c1)=C3C#N. The van der Waals surface area contributed by atoms with Gasteiger partial charge >= 0.3 is 0 Å². The Morgan fingerprint density at radius 2 is 0.977 bits per heavy atom. The molecule has 5 rings (SSSR count). The zero-order chi connectivity index (χ0) is 32.0. The Hall–Kier alpha value is -6.86. The largest absolute Gasteiger partial charge is 0.270 e. The number of fused-ring (bicyclic) bond motifs is 2. The van der Waals surface area contributed by atoms with Gasteiger partial charge in [0, 0.05) is 5.57 Å². The van der Waals surface area contributed by atoms with Gasteiger partial charge in [0.15, 0.2) is 34.9 Å². The molecule has 0 unspecified atom stereocenters. The first kappa shape index (κ1) is 28.7. The lowest BCUT2D eigenvalue weighted by Crippen LogP contribution is -1.97. The Balaban J connectivity index is 1.95. The standard InChI is InChI=1S/C32H6F6N6/c1-42-24(11-40)28-16-9-18-17(8-15(16)19(10-39)26(28)13-4-20(33)30(37)21(34)5-13)29(25(12-41)43-2)27(32(18)44-3)14-6-22(35)31(38)23(36)7-14/h4-9H/b28-24+,29-25-. The number of halogens is 6. The number of allylic oxidation sites excluding steroid dienone is 7. The van der Waals surface area contributed by atoms with Crippen molar-refractivity contribution in [2.24, 2.45) is 0 Å². The molecule has 12 heteroatoms. The van der Waals surface area contributed by atoms with E-state index in [2.05, 4.69) is 14.5 Å². The fraction of sp³-hybridized carbons (Fsp3) is 0. The van der Waals surface area contributed by atoms with Crippen LogP contribution in [0, 0.1) is 88.6 Å². The van der Waals surface area contributed by atoms with Gasteiger partial charge in [-0.05, 0) is 80.4 Å². The van der Waals surface area contributed by atoms with E-state index in [-0.39, 0.29) is 55.8 Å². The van der Waals surface area contributed by atoms with Crippen LogP contribution in [0.1, 0.15) is 33.4 Å². The molecule has 0 heterocycles. The van der Waals surface area contributed by atoms with Gasteiger partial charge in [-0.1, -0.05) is 6.07 Å². The second kappa shape index (κ2) is 10.5. The molecule has 0 spiro atoms. The fourth-order valence-electron chi connectivity index (χ4n) is 5.17. The van der Waals surface area contributed by atoms with Gasteiger partial charge in [0.25, 0.3) is 11.4 Å². The van der Waals surface area contributed by atoms with Gasteiger partial charge in [0.1, 0.15) is 6.07 Å². The Bertz CT molecular complexity index is 2060. The fourth-order valence-corrected chi connectivity index (χ4v) is 5.17. The van der Waals surface area contributed by atoms with E-state index in [1.54, 1.807) is 12.1 Å². The van der Waals surface area contributed by atoms with Crippen LogP contribution in [-0.4, -0.2) is 0 Å². The third-order valence-corrected chi connectivity index (χ3v) is 6.89. The van der Waals surface area contributed by atoms with Crippen LogP contribution >= 0.6 is 0 Å². The molecule has 0 atom stereocenters. The highest BCUT2D eigenvalue weighted by Crippen LogP contribution is 2.55. The van der Waals surface area contributed by atoms with E-state index >= 15 is 0 Å². The molecular weight excluding hydrogens is 582 g/mol. The summed E-state index contributed by atoms with van der Waals surface area (Å²) in [6.07, 6.45) is 0.